The Hall–Kier alpha value is -0.0800. The SMILES string of the molecule is CCCC12CCC(CNC1)N2. The molecular formula is C9H18N2. The Kier molecular flexibility index (Phi) is 1.90. The molecule has 0 amide bonds. The van der Waals surface area contributed by atoms with Crippen molar-refractivity contribution in [2.45, 2.75) is 44.2 Å². The minimum Gasteiger partial charge on any atom is -0.313 e. The number of nitrogens with one attached hydrogen (secondary N) is 2. The van der Waals surface area contributed by atoms with E-state index in [1.165, 1.54) is 38.8 Å². The lowest BCUT2D eigenvalue weighted by molar-refractivity contribution is 0.274. The fourth-order valence-corrected chi connectivity index (χ4v) is 2.57. The molecule has 0 radical (unpaired) electrons. The molecule has 2 nitrogen and oxygen atoms in total. The van der Waals surface area contributed by atoms with Gasteiger partial charge in [0, 0.05) is 24.7 Å². The third-order valence-electron chi connectivity index (χ3n) is 3.06. The Balaban J connectivity index is 2.01. The van der Waals surface area contributed by atoms with Crippen LogP contribution in [-0.2, 0) is 0 Å². The zero-order valence-electron chi connectivity index (χ0n) is 7.32. The molecule has 2 aliphatic heterocycles. The lowest BCUT2D eigenvalue weighted by Gasteiger charge is -2.35. The molecule has 0 aromatic rings. The standard InChI is InChI=1S/C9H18N2/c1-2-4-9-5-3-8(11-9)6-10-7-9/h8,10-11H,2-7H2,1H3. The van der Waals surface area contributed by atoms with E-state index >= 15 is 0 Å². The highest BCUT2D eigenvalue weighted by Gasteiger charge is 2.40. The van der Waals surface area contributed by atoms with Gasteiger partial charge in [-0.05, 0) is 19.3 Å². The summed E-state index contributed by atoms with van der Waals surface area (Å²) in [6.45, 7) is 4.65. The molecule has 0 aromatic heterocycles. The first-order valence-electron chi connectivity index (χ1n) is 4.83. The molecule has 0 aromatic carbocycles. The van der Waals surface area contributed by atoms with E-state index in [1.54, 1.807) is 0 Å². The lowest BCUT2D eigenvalue weighted by Crippen LogP contribution is -2.57. The Bertz CT molecular complexity index is 137. The second-order valence-corrected chi connectivity index (χ2v) is 4.04. The van der Waals surface area contributed by atoms with Crippen LogP contribution in [0.25, 0.3) is 0 Å². The van der Waals surface area contributed by atoms with Crippen molar-refractivity contribution in [3.05, 3.63) is 0 Å². The monoisotopic (exact) mass is 154 g/mol. The maximum Gasteiger partial charge on any atom is 0.0309 e. The first-order valence-corrected chi connectivity index (χ1v) is 4.83. The van der Waals surface area contributed by atoms with E-state index < -0.39 is 0 Å². The Morgan fingerprint density at radius 2 is 2.45 bits per heavy atom. The van der Waals surface area contributed by atoms with E-state index in [4.69, 9.17) is 0 Å². The van der Waals surface area contributed by atoms with Crippen molar-refractivity contribution in [3.63, 3.8) is 0 Å². The lowest BCUT2D eigenvalue weighted by atomic mass is 9.92. The second-order valence-electron chi connectivity index (χ2n) is 4.04. The molecule has 0 spiro atoms. The van der Waals surface area contributed by atoms with E-state index in [-0.39, 0.29) is 0 Å². The highest BCUT2D eigenvalue weighted by atomic mass is 15.2. The van der Waals surface area contributed by atoms with Gasteiger partial charge in [-0.25, -0.2) is 0 Å². The summed E-state index contributed by atoms with van der Waals surface area (Å²) in [4.78, 5) is 0. The van der Waals surface area contributed by atoms with Gasteiger partial charge in [-0.15, -0.1) is 0 Å². The maximum absolute atomic E-state index is 3.74. The molecule has 2 rings (SSSR count). The van der Waals surface area contributed by atoms with Crippen LogP contribution in [0.1, 0.15) is 32.6 Å². The van der Waals surface area contributed by atoms with Crippen molar-refractivity contribution in [2.75, 3.05) is 13.1 Å². The molecule has 2 atom stereocenters. The third-order valence-corrected chi connectivity index (χ3v) is 3.06. The summed E-state index contributed by atoms with van der Waals surface area (Å²) in [7, 11) is 0. The summed E-state index contributed by atoms with van der Waals surface area (Å²) in [5.74, 6) is 0. The highest BCUT2D eigenvalue weighted by molar-refractivity contribution is 5.03. The van der Waals surface area contributed by atoms with Crippen LogP contribution in [0.5, 0.6) is 0 Å². The molecule has 2 bridgehead atoms. The normalized spacial score (nSPS) is 42.8. The van der Waals surface area contributed by atoms with Crippen molar-refractivity contribution >= 4 is 0 Å². The van der Waals surface area contributed by atoms with Crippen molar-refractivity contribution in [2.24, 2.45) is 0 Å². The number of fused-ring (bicyclic) bond motifs is 2. The van der Waals surface area contributed by atoms with Crippen LogP contribution in [0, 0.1) is 0 Å². The predicted molar refractivity (Wildman–Crippen MR) is 46.7 cm³/mol. The van der Waals surface area contributed by atoms with E-state index in [0.717, 1.165) is 6.04 Å². The molecule has 11 heavy (non-hydrogen) atoms. The molecule has 2 aliphatic rings. The molecule has 2 fully saturated rings. The minimum atomic E-state index is 0.484. The molecule has 2 N–H and O–H groups in total. The zero-order valence-corrected chi connectivity index (χ0v) is 7.32. The minimum absolute atomic E-state index is 0.484. The Morgan fingerprint density at radius 1 is 1.55 bits per heavy atom. The highest BCUT2D eigenvalue weighted by Crippen LogP contribution is 2.29. The van der Waals surface area contributed by atoms with Crippen molar-refractivity contribution in [3.8, 4) is 0 Å². The molecule has 2 saturated heterocycles. The van der Waals surface area contributed by atoms with Gasteiger partial charge < -0.3 is 10.6 Å². The molecule has 0 aliphatic carbocycles. The van der Waals surface area contributed by atoms with Gasteiger partial charge in [0.2, 0.25) is 0 Å². The largest absolute Gasteiger partial charge is 0.313 e. The van der Waals surface area contributed by atoms with Gasteiger partial charge in [-0.1, -0.05) is 13.3 Å². The summed E-state index contributed by atoms with van der Waals surface area (Å²) < 4.78 is 0. The average Bonchev–Trinajstić information content (AvgIpc) is 2.28. The number of hydrogen-bond acceptors (Lipinski definition) is 2. The maximum atomic E-state index is 3.74. The third kappa shape index (κ3) is 1.30. The van der Waals surface area contributed by atoms with Gasteiger partial charge >= 0.3 is 0 Å². The molecule has 64 valence electrons. The van der Waals surface area contributed by atoms with E-state index in [1.807, 2.05) is 0 Å². The quantitative estimate of drug-likeness (QED) is 0.617. The Labute approximate surface area is 68.7 Å². The second kappa shape index (κ2) is 2.76. The van der Waals surface area contributed by atoms with Gasteiger partial charge in [0.05, 0.1) is 0 Å². The smallest absolute Gasteiger partial charge is 0.0309 e. The van der Waals surface area contributed by atoms with E-state index in [9.17, 15) is 0 Å². The molecule has 2 unspecified atom stereocenters. The molecule has 0 saturated carbocycles. The van der Waals surface area contributed by atoms with Crippen LogP contribution >= 0.6 is 0 Å². The van der Waals surface area contributed by atoms with Crippen LogP contribution in [-0.4, -0.2) is 24.7 Å². The van der Waals surface area contributed by atoms with Crippen LogP contribution in [0.2, 0.25) is 0 Å². The predicted octanol–water partition coefficient (Wildman–Crippen LogP) is 0.881. The molecule has 2 heterocycles. The number of rotatable bonds is 2. The van der Waals surface area contributed by atoms with Gasteiger partial charge in [-0.3, -0.25) is 0 Å². The fourth-order valence-electron chi connectivity index (χ4n) is 2.57. The van der Waals surface area contributed by atoms with Crippen LogP contribution in [0.4, 0.5) is 0 Å². The topological polar surface area (TPSA) is 24.1 Å². The van der Waals surface area contributed by atoms with Crippen molar-refractivity contribution in [1.82, 2.24) is 10.6 Å². The summed E-state index contributed by atoms with van der Waals surface area (Å²) in [6.07, 6.45) is 5.42. The molecular weight excluding hydrogens is 136 g/mol. The summed E-state index contributed by atoms with van der Waals surface area (Å²) in [5, 5.41) is 7.25. The van der Waals surface area contributed by atoms with E-state index in [0.29, 0.717) is 5.54 Å². The van der Waals surface area contributed by atoms with Gasteiger partial charge in [0.25, 0.3) is 0 Å². The van der Waals surface area contributed by atoms with Crippen LogP contribution < -0.4 is 10.6 Å². The number of hydrogen-bond donors (Lipinski definition) is 2. The van der Waals surface area contributed by atoms with Gasteiger partial charge in [0.1, 0.15) is 0 Å². The fraction of sp³-hybridized carbons (Fsp3) is 1.00. The van der Waals surface area contributed by atoms with Gasteiger partial charge in [-0.2, -0.15) is 0 Å². The first kappa shape index (κ1) is 7.56. The van der Waals surface area contributed by atoms with Crippen LogP contribution in [0.15, 0.2) is 0 Å². The summed E-state index contributed by atoms with van der Waals surface area (Å²) in [5.41, 5.74) is 0.484. The zero-order chi connectivity index (χ0) is 7.73. The van der Waals surface area contributed by atoms with E-state index in [2.05, 4.69) is 17.6 Å². The number of piperazine rings is 1. The van der Waals surface area contributed by atoms with Gasteiger partial charge in [0.15, 0.2) is 0 Å². The van der Waals surface area contributed by atoms with Crippen molar-refractivity contribution < 1.29 is 0 Å². The van der Waals surface area contributed by atoms with Crippen molar-refractivity contribution in [1.29, 1.82) is 0 Å². The average molecular weight is 154 g/mol. The first-order chi connectivity index (χ1) is 5.35. The Morgan fingerprint density at radius 3 is 3.27 bits per heavy atom. The summed E-state index contributed by atoms with van der Waals surface area (Å²) in [6, 6.07) is 0.773. The summed E-state index contributed by atoms with van der Waals surface area (Å²) >= 11 is 0. The van der Waals surface area contributed by atoms with Crippen LogP contribution in [0.3, 0.4) is 0 Å². The molecule has 2 heteroatoms.